The van der Waals surface area contributed by atoms with Crippen LogP contribution in [-0.2, 0) is 14.6 Å². The van der Waals surface area contributed by atoms with E-state index in [4.69, 9.17) is 4.74 Å². The number of ether oxygens (including phenoxy) is 1. The summed E-state index contributed by atoms with van der Waals surface area (Å²) in [5, 5.41) is 6.12. The van der Waals surface area contributed by atoms with E-state index in [9.17, 15) is 13.2 Å². The van der Waals surface area contributed by atoms with Crippen LogP contribution >= 0.6 is 0 Å². The number of rotatable bonds is 4. The van der Waals surface area contributed by atoms with E-state index < -0.39 is 21.5 Å². The maximum atomic E-state index is 12.1. The Balaban J connectivity index is 1.94. The molecular weight excluding hydrogens is 328 g/mol. The number of hydrogen-bond acceptors (Lipinski definition) is 5. The van der Waals surface area contributed by atoms with Gasteiger partial charge in [0.05, 0.1) is 10.6 Å². The Morgan fingerprint density at radius 2 is 2.00 bits per heavy atom. The third-order valence-electron chi connectivity index (χ3n) is 3.74. The number of alkyl carbamates (subject to hydrolysis) is 1. The number of carbonyl (C=O) groups is 1. The molecule has 0 saturated carbocycles. The van der Waals surface area contributed by atoms with Gasteiger partial charge in [-0.1, -0.05) is 18.2 Å². The van der Waals surface area contributed by atoms with Gasteiger partial charge in [-0.25, -0.2) is 13.2 Å². The number of hydrogen-bond donors (Lipinski definition) is 2. The topological polar surface area (TPSA) is 84.5 Å². The molecular formula is C17H26N2O4S. The highest BCUT2D eigenvalue weighted by atomic mass is 32.2. The highest BCUT2D eigenvalue weighted by Gasteiger charge is 2.29. The third-order valence-corrected chi connectivity index (χ3v) is 5.55. The number of benzene rings is 1. The molecule has 0 aromatic heterocycles. The van der Waals surface area contributed by atoms with Gasteiger partial charge in [-0.15, -0.1) is 0 Å². The van der Waals surface area contributed by atoms with Gasteiger partial charge in [0.2, 0.25) is 0 Å². The maximum Gasteiger partial charge on any atom is 0.407 e. The van der Waals surface area contributed by atoms with Crippen molar-refractivity contribution in [3.8, 4) is 0 Å². The first-order valence-electron chi connectivity index (χ1n) is 8.13. The number of carbonyl (C=O) groups excluding carboxylic acids is 1. The normalized spacial score (nSPS) is 20.8. The van der Waals surface area contributed by atoms with Crippen molar-refractivity contribution in [3.63, 3.8) is 0 Å². The molecule has 1 aromatic carbocycles. The van der Waals surface area contributed by atoms with Gasteiger partial charge in [-0.3, -0.25) is 0 Å². The summed E-state index contributed by atoms with van der Waals surface area (Å²) in [6.45, 7) is 7.85. The average molecular weight is 354 g/mol. The van der Waals surface area contributed by atoms with E-state index in [-0.39, 0.29) is 17.8 Å². The molecule has 1 aliphatic heterocycles. The zero-order valence-corrected chi connectivity index (χ0v) is 15.4. The van der Waals surface area contributed by atoms with Gasteiger partial charge in [0.25, 0.3) is 0 Å². The smallest absolute Gasteiger partial charge is 0.407 e. The van der Waals surface area contributed by atoms with Crippen LogP contribution in [0, 0.1) is 0 Å². The monoisotopic (exact) mass is 354 g/mol. The first kappa shape index (κ1) is 18.7. The van der Waals surface area contributed by atoms with E-state index in [1.54, 1.807) is 12.1 Å². The lowest BCUT2D eigenvalue weighted by molar-refractivity contribution is 0.0507. The summed E-state index contributed by atoms with van der Waals surface area (Å²) in [4.78, 5) is 12.2. The Bertz CT molecular complexity index is 695. The van der Waals surface area contributed by atoms with E-state index in [0.29, 0.717) is 17.9 Å². The molecule has 2 atom stereocenters. The third kappa shape index (κ3) is 4.95. The summed E-state index contributed by atoms with van der Waals surface area (Å²) in [6.07, 6.45) is 0.0711. The molecule has 2 rings (SSSR count). The predicted octanol–water partition coefficient (Wildman–Crippen LogP) is 2.41. The molecule has 0 spiro atoms. The van der Waals surface area contributed by atoms with E-state index >= 15 is 0 Å². The molecule has 6 nitrogen and oxygen atoms in total. The number of fused-ring (bicyclic) bond motifs is 1. The van der Waals surface area contributed by atoms with Gasteiger partial charge >= 0.3 is 6.09 Å². The Hall–Kier alpha value is -1.60. The van der Waals surface area contributed by atoms with Crippen molar-refractivity contribution in [2.24, 2.45) is 0 Å². The molecule has 0 radical (unpaired) electrons. The minimum Gasteiger partial charge on any atom is -0.444 e. The van der Waals surface area contributed by atoms with Gasteiger partial charge in [0, 0.05) is 18.6 Å². The quantitative estimate of drug-likeness (QED) is 0.867. The predicted molar refractivity (Wildman–Crippen MR) is 92.7 cm³/mol. The van der Waals surface area contributed by atoms with E-state index in [1.807, 2.05) is 39.8 Å². The zero-order valence-electron chi connectivity index (χ0n) is 14.6. The molecule has 2 unspecified atom stereocenters. The Morgan fingerprint density at radius 1 is 1.33 bits per heavy atom. The van der Waals surface area contributed by atoms with Crippen molar-refractivity contribution in [1.29, 1.82) is 0 Å². The van der Waals surface area contributed by atoms with Crippen LogP contribution in [0.1, 0.15) is 45.7 Å². The van der Waals surface area contributed by atoms with Crippen LogP contribution in [0.25, 0.3) is 0 Å². The molecule has 1 aromatic rings. The van der Waals surface area contributed by atoms with Crippen molar-refractivity contribution in [1.82, 2.24) is 10.6 Å². The van der Waals surface area contributed by atoms with E-state index in [1.165, 1.54) is 0 Å². The fourth-order valence-electron chi connectivity index (χ4n) is 2.68. The molecule has 0 fully saturated rings. The van der Waals surface area contributed by atoms with Crippen LogP contribution in [0.2, 0.25) is 0 Å². The van der Waals surface area contributed by atoms with Crippen LogP contribution in [-0.4, -0.2) is 38.5 Å². The molecule has 0 saturated heterocycles. The second-order valence-electron chi connectivity index (χ2n) is 7.15. The summed E-state index contributed by atoms with van der Waals surface area (Å²) in [5.74, 6) is 0.134. The maximum absolute atomic E-state index is 12.1. The van der Waals surface area contributed by atoms with Crippen molar-refractivity contribution < 1.29 is 17.9 Å². The Morgan fingerprint density at radius 3 is 2.67 bits per heavy atom. The number of sulfone groups is 1. The van der Waals surface area contributed by atoms with Crippen LogP contribution in [0.5, 0.6) is 0 Å². The fourth-order valence-corrected chi connectivity index (χ4v) is 4.30. The van der Waals surface area contributed by atoms with Crippen LogP contribution < -0.4 is 10.6 Å². The van der Waals surface area contributed by atoms with Crippen LogP contribution in [0.4, 0.5) is 4.79 Å². The van der Waals surface area contributed by atoms with E-state index in [2.05, 4.69) is 10.6 Å². The lowest BCUT2D eigenvalue weighted by Gasteiger charge is -2.28. The van der Waals surface area contributed by atoms with E-state index in [0.717, 1.165) is 5.56 Å². The zero-order chi connectivity index (χ0) is 18.0. The summed E-state index contributed by atoms with van der Waals surface area (Å²) < 4.78 is 29.5. The molecule has 1 amide bonds. The SMILES string of the molecule is CC(CNC1CCS(=O)(=O)c2ccccc21)NC(=O)OC(C)(C)C. The van der Waals surface area contributed by atoms with Gasteiger partial charge in [0.1, 0.15) is 5.60 Å². The van der Waals surface area contributed by atoms with Crippen LogP contribution in [0.15, 0.2) is 29.2 Å². The Labute approximate surface area is 143 Å². The van der Waals surface area contributed by atoms with Gasteiger partial charge < -0.3 is 15.4 Å². The molecule has 0 aliphatic carbocycles. The second-order valence-corrected chi connectivity index (χ2v) is 9.23. The number of nitrogens with one attached hydrogen (secondary N) is 2. The van der Waals surface area contributed by atoms with Gasteiger partial charge in [-0.05, 0) is 45.7 Å². The van der Waals surface area contributed by atoms with Crippen LogP contribution in [0.3, 0.4) is 0 Å². The molecule has 134 valence electrons. The lowest BCUT2D eigenvalue weighted by Crippen LogP contribution is -2.44. The summed E-state index contributed by atoms with van der Waals surface area (Å²) in [7, 11) is -3.18. The van der Waals surface area contributed by atoms with Gasteiger partial charge in [0.15, 0.2) is 9.84 Å². The largest absolute Gasteiger partial charge is 0.444 e. The van der Waals surface area contributed by atoms with Crippen molar-refractivity contribution in [2.75, 3.05) is 12.3 Å². The summed E-state index contributed by atoms with van der Waals surface area (Å²) in [6, 6.07) is 6.91. The molecule has 24 heavy (non-hydrogen) atoms. The first-order valence-corrected chi connectivity index (χ1v) is 9.78. The minimum absolute atomic E-state index is 0.0346. The molecule has 1 aliphatic rings. The van der Waals surface area contributed by atoms with Crippen molar-refractivity contribution >= 4 is 15.9 Å². The first-order chi connectivity index (χ1) is 11.1. The molecule has 2 N–H and O–H groups in total. The number of amides is 1. The highest BCUT2D eigenvalue weighted by Crippen LogP contribution is 2.31. The highest BCUT2D eigenvalue weighted by molar-refractivity contribution is 7.91. The molecule has 7 heteroatoms. The lowest BCUT2D eigenvalue weighted by atomic mass is 10.0. The average Bonchev–Trinajstić information content (AvgIpc) is 2.44. The second kappa shape index (κ2) is 7.11. The minimum atomic E-state index is -3.18. The molecule has 1 heterocycles. The van der Waals surface area contributed by atoms with Gasteiger partial charge in [-0.2, -0.15) is 0 Å². The van der Waals surface area contributed by atoms with Crippen molar-refractivity contribution in [3.05, 3.63) is 29.8 Å². The standard InChI is InChI=1S/C17H26N2O4S/c1-12(19-16(20)23-17(2,3)4)11-18-14-9-10-24(21,22)15-8-6-5-7-13(14)15/h5-8,12,14,18H,9-11H2,1-4H3,(H,19,20). The summed E-state index contributed by atoms with van der Waals surface area (Å²) in [5.41, 5.74) is 0.265. The molecule has 0 bridgehead atoms. The summed E-state index contributed by atoms with van der Waals surface area (Å²) >= 11 is 0. The Kier molecular flexibility index (Phi) is 5.55. The fraction of sp³-hybridized carbons (Fsp3) is 0.588. The van der Waals surface area contributed by atoms with Crippen molar-refractivity contribution in [2.45, 2.75) is 56.7 Å².